The Hall–Kier alpha value is -2.29. The number of aryl methyl sites for hydroxylation is 2. The topological polar surface area (TPSA) is 41.1 Å². The Labute approximate surface area is 132 Å². The molecule has 1 amide bonds. The number of hydrogen-bond donors (Lipinski definition) is 2. The van der Waals surface area contributed by atoms with E-state index in [1.807, 2.05) is 49.4 Å². The normalized spacial score (nSPS) is 11.8. The predicted molar refractivity (Wildman–Crippen MR) is 93.4 cm³/mol. The maximum absolute atomic E-state index is 12.3. The zero-order chi connectivity index (χ0) is 15.9. The van der Waals surface area contributed by atoms with Gasteiger partial charge in [-0.3, -0.25) is 4.79 Å². The van der Waals surface area contributed by atoms with Gasteiger partial charge >= 0.3 is 0 Å². The third kappa shape index (κ3) is 4.10. The maximum atomic E-state index is 12.3. The molecule has 0 bridgehead atoms. The Bertz CT molecular complexity index is 620. The summed E-state index contributed by atoms with van der Waals surface area (Å²) < 4.78 is 0. The summed E-state index contributed by atoms with van der Waals surface area (Å²) >= 11 is 0. The van der Waals surface area contributed by atoms with E-state index >= 15 is 0 Å². The van der Waals surface area contributed by atoms with Crippen LogP contribution in [0.2, 0.25) is 0 Å². The Kier molecular flexibility index (Phi) is 5.59. The Morgan fingerprint density at radius 3 is 2.32 bits per heavy atom. The molecule has 2 N–H and O–H groups in total. The maximum Gasteiger partial charge on any atom is 0.246 e. The van der Waals surface area contributed by atoms with Gasteiger partial charge in [-0.15, -0.1) is 0 Å². The van der Waals surface area contributed by atoms with E-state index in [9.17, 15) is 4.79 Å². The van der Waals surface area contributed by atoms with Crippen molar-refractivity contribution in [1.82, 2.24) is 0 Å². The largest absolute Gasteiger partial charge is 0.374 e. The SMILES string of the molecule is CCc1ccc(NC(=O)[C@@H](C)Nc2ccccc2CC)cc1. The molecule has 0 unspecified atom stereocenters. The van der Waals surface area contributed by atoms with Crippen molar-refractivity contribution in [3.05, 3.63) is 59.7 Å². The minimum Gasteiger partial charge on any atom is -0.374 e. The minimum absolute atomic E-state index is 0.0323. The van der Waals surface area contributed by atoms with Crippen LogP contribution in [-0.2, 0) is 17.6 Å². The highest BCUT2D eigenvalue weighted by Gasteiger charge is 2.13. The van der Waals surface area contributed by atoms with Crippen LogP contribution >= 0.6 is 0 Å². The summed E-state index contributed by atoms with van der Waals surface area (Å²) in [4.78, 5) is 12.3. The molecular formula is C19H24N2O. The monoisotopic (exact) mass is 296 g/mol. The van der Waals surface area contributed by atoms with Gasteiger partial charge in [0, 0.05) is 11.4 Å². The zero-order valence-corrected chi connectivity index (χ0v) is 13.5. The van der Waals surface area contributed by atoms with Gasteiger partial charge in [0.1, 0.15) is 6.04 Å². The highest BCUT2D eigenvalue weighted by Crippen LogP contribution is 2.17. The third-order valence-corrected chi connectivity index (χ3v) is 3.79. The number of amides is 1. The van der Waals surface area contributed by atoms with Gasteiger partial charge in [-0.1, -0.05) is 44.2 Å². The standard InChI is InChI=1S/C19H24N2O/c1-4-15-10-12-17(13-11-15)21-19(22)14(3)20-18-9-7-6-8-16(18)5-2/h6-14,20H,4-5H2,1-3H3,(H,21,22)/t14-/m1/s1. The first-order valence-electron chi connectivity index (χ1n) is 7.88. The molecule has 0 heterocycles. The van der Waals surface area contributed by atoms with E-state index in [2.05, 4.69) is 30.5 Å². The fourth-order valence-electron chi connectivity index (χ4n) is 2.34. The van der Waals surface area contributed by atoms with Gasteiger partial charge in [-0.05, 0) is 49.1 Å². The summed E-state index contributed by atoms with van der Waals surface area (Å²) in [6, 6.07) is 15.8. The Balaban J connectivity index is 1.99. The number of nitrogens with one attached hydrogen (secondary N) is 2. The van der Waals surface area contributed by atoms with Gasteiger partial charge in [0.25, 0.3) is 0 Å². The lowest BCUT2D eigenvalue weighted by molar-refractivity contribution is -0.116. The number of carbonyl (C=O) groups is 1. The average molecular weight is 296 g/mol. The minimum atomic E-state index is -0.293. The molecule has 0 saturated carbocycles. The first kappa shape index (κ1) is 16.1. The molecule has 2 aromatic rings. The van der Waals surface area contributed by atoms with E-state index in [-0.39, 0.29) is 11.9 Å². The van der Waals surface area contributed by atoms with Crippen molar-refractivity contribution in [1.29, 1.82) is 0 Å². The quantitative estimate of drug-likeness (QED) is 0.836. The number of anilines is 2. The van der Waals surface area contributed by atoms with E-state index < -0.39 is 0 Å². The van der Waals surface area contributed by atoms with Crippen LogP contribution in [0.15, 0.2) is 48.5 Å². The number of rotatable bonds is 6. The summed E-state index contributed by atoms with van der Waals surface area (Å²) in [7, 11) is 0. The van der Waals surface area contributed by atoms with Crippen LogP contribution in [-0.4, -0.2) is 11.9 Å². The molecule has 2 rings (SSSR count). The lowest BCUT2D eigenvalue weighted by atomic mass is 10.1. The Morgan fingerprint density at radius 1 is 1.00 bits per heavy atom. The van der Waals surface area contributed by atoms with E-state index in [0.717, 1.165) is 24.2 Å². The van der Waals surface area contributed by atoms with Crippen molar-refractivity contribution in [2.45, 2.75) is 39.7 Å². The molecule has 0 aliphatic rings. The van der Waals surface area contributed by atoms with Crippen molar-refractivity contribution < 1.29 is 4.79 Å². The molecule has 0 saturated heterocycles. The average Bonchev–Trinajstić information content (AvgIpc) is 2.56. The van der Waals surface area contributed by atoms with E-state index in [1.165, 1.54) is 11.1 Å². The van der Waals surface area contributed by atoms with Crippen LogP contribution in [0.5, 0.6) is 0 Å². The highest BCUT2D eigenvalue weighted by molar-refractivity contribution is 5.96. The molecule has 0 aliphatic carbocycles. The van der Waals surface area contributed by atoms with Crippen LogP contribution in [0.25, 0.3) is 0 Å². The highest BCUT2D eigenvalue weighted by atomic mass is 16.2. The summed E-state index contributed by atoms with van der Waals surface area (Å²) in [5, 5.41) is 6.24. The molecule has 3 nitrogen and oxygen atoms in total. The lowest BCUT2D eigenvalue weighted by Gasteiger charge is -2.17. The van der Waals surface area contributed by atoms with Crippen LogP contribution in [0.4, 0.5) is 11.4 Å². The molecule has 0 fully saturated rings. The number of carbonyl (C=O) groups excluding carboxylic acids is 1. The third-order valence-electron chi connectivity index (χ3n) is 3.79. The fourth-order valence-corrected chi connectivity index (χ4v) is 2.34. The van der Waals surface area contributed by atoms with E-state index in [0.29, 0.717) is 0 Å². The number of benzene rings is 2. The molecule has 2 aromatic carbocycles. The summed E-state index contributed by atoms with van der Waals surface area (Å²) in [5.41, 5.74) is 4.34. The fraction of sp³-hybridized carbons (Fsp3) is 0.316. The van der Waals surface area contributed by atoms with Crippen LogP contribution in [0, 0.1) is 0 Å². The van der Waals surface area contributed by atoms with Gasteiger partial charge in [0.05, 0.1) is 0 Å². The molecule has 0 radical (unpaired) electrons. The molecule has 1 atom stereocenters. The van der Waals surface area contributed by atoms with Gasteiger partial charge in [-0.2, -0.15) is 0 Å². The second-order valence-electron chi connectivity index (χ2n) is 5.42. The lowest BCUT2D eigenvalue weighted by Crippen LogP contribution is -2.32. The Morgan fingerprint density at radius 2 is 1.68 bits per heavy atom. The zero-order valence-electron chi connectivity index (χ0n) is 13.5. The first-order chi connectivity index (χ1) is 10.6. The molecular weight excluding hydrogens is 272 g/mol. The molecule has 22 heavy (non-hydrogen) atoms. The van der Waals surface area contributed by atoms with Crippen molar-refractivity contribution in [3.63, 3.8) is 0 Å². The number of para-hydroxylation sites is 1. The molecule has 116 valence electrons. The molecule has 0 aliphatic heterocycles. The van der Waals surface area contributed by atoms with Gasteiger partial charge < -0.3 is 10.6 Å². The van der Waals surface area contributed by atoms with Crippen molar-refractivity contribution in [3.8, 4) is 0 Å². The summed E-state index contributed by atoms with van der Waals surface area (Å²) in [6.07, 6.45) is 1.94. The predicted octanol–water partition coefficient (Wildman–Crippen LogP) is 4.25. The van der Waals surface area contributed by atoms with Crippen molar-refractivity contribution in [2.24, 2.45) is 0 Å². The van der Waals surface area contributed by atoms with E-state index in [1.54, 1.807) is 0 Å². The molecule has 0 aromatic heterocycles. The smallest absolute Gasteiger partial charge is 0.246 e. The second-order valence-corrected chi connectivity index (χ2v) is 5.42. The van der Waals surface area contributed by atoms with Crippen molar-refractivity contribution >= 4 is 17.3 Å². The van der Waals surface area contributed by atoms with Crippen LogP contribution in [0.3, 0.4) is 0 Å². The molecule has 0 spiro atoms. The van der Waals surface area contributed by atoms with Crippen LogP contribution < -0.4 is 10.6 Å². The van der Waals surface area contributed by atoms with Gasteiger partial charge in [0.15, 0.2) is 0 Å². The van der Waals surface area contributed by atoms with E-state index in [4.69, 9.17) is 0 Å². The van der Waals surface area contributed by atoms with Gasteiger partial charge in [0.2, 0.25) is 5.91 Å². The number of hydrogen-bond acceptors (Lipinski definition) is 2. The van der Waals surface area contributed by atoms with Crippen LogP contribution in [0.1, 0.15) is 31.9 Å². The summed E-state index contributed by atoms with van der Waals surface area (Å²) in [5.74, 6) is -0.0323. The molecule has 3 heteroatoms. The second kappa shape index (κ2) is 7.64. The van der Waals surface area contributed by atoms with Gasteiger partial charge in [-0.25, -0.2) is 0 Å². The first-order valence-corrected chi connectivity index (χ1v) is 7.88. The summed E-state index contributed by atoms with van der Waals surface area (Å²) in [6.45, 7) is 6.10. The van der Waals surface area contributed by atoms with Crippen molar-refractivity contribution in [2.75, 3.05) is 10.6 Å².